The fourth-order valence-corrected chi connectivity index (χ4v) is 9.90. The molecule has 1 unspecified atom stereocenters. The van der Waals surface area contributed by atoms with Crippen LogP contribution in [0.1, 0.15) is 362 Å². The molecule has 2 atom stereocenters. The van der Waals surface area contributed by atoms with Crippen LogP contribution in [-0.4, -0.2) is 37.2 Å². The van der Waals surface area contributed by atoms with Crippen LogP contribution >= 0.6 is 0 Å². The predicted molar refractivity (Wildman–Crippen MR) is 303 cm³/mol. The average Bonchev–Trinajstić information content (AvgIpc) is 3.35. The van der Waals surface area contributed by atoms with E-state index in [1.54, 1.807) is 0 Å². The second-order valence-electron chi connectivity index (χ2n) is 22.8. The van der Waals surface area contributed by atoms with Gasteiger partial charge in [0.05, 0.1) is 0 Å². The van der Waals surface area contributed by atoms with E-state index in [4.69, 9.17) is 14.2 Å². The van der Waals surface area contributed by atoms with Gasteiger partial charge < -0.3 is 14.2 Å². The van der Waals surface area contributed by atoms with Gasteiger partial charge in [0.25, 0.3) is 0 Å². The largest absolute Gasteiger partial charge is 0.462 e. The number of hydrogen-bond acceptors (Lipinski definition) is 6. The van der Waals surface area contributed by atoms with Gasteiger partial charge in [-0.05, 0) is 31.1 Å². The van der Waals surface area contributed by atoms with E-state index in [1.165, 1.54) is 250 Å². The van der Waals surface area contributed by atoms with Gasteiger partial charge in [0.1, 0.15) is 13.2 Å². The van der Waals surface area contributed by atoms with Crippen LogP contribution in [0.4, 0.5) is 0 Å². The summed E-state index contributed by atoms with van der Waals surface area (Å²) in [5.41, 5.74) is 0. The van der Waals surface area contributed by atoms with E-state index in [1.807, 2.05) is 0 Å². The smallest absolute Gasteiger partial charge is 0.306 e. The van der Waals surface area contributed by atoms with E-state index >= 15 is 0 Å². The van der Waals surface area contributed by atoms with Crippen molar-refractivity contribution >= 4 is 17.9 Å². The van der Waals surface area contributed by atoms with Crippen LogP contribution in [0.25, 0.3) is 0 Å². The summed E-state index contributed by atoms with van der Waals surface area (Å²) in [7, 11) is 0. The second-order valence-corrected chi connectivity index (χ2v) is 22.8. The predicted octanol–water partition coefficient (Wildman–Crippen LogP) is 21.2. The fourth-order valence-electron chi connectivity index (χ4n) is 9.90. The first-order valence-electron chi connectivity index (χ1n) is 31.8. The van der Waals surface area contributed by atoms with Crippen molar-refractivity contribution in [2.75, 3.05) is 13.2 Å². The van der Waals surface area contributed by atoms with Crippen molar-refractivity contribution in [3.05, 3.63) is 0 Å². The topological polar surface area (TPSA) is 78.9 Å². The highest BCUT2D eigenvalue weighted by Gasteiger charge is 2.19. The van der Waals surface area contributed by atoms with Gasteiger partial charge in [-0.15, -0.1) is 0 Å². The van der Waals surface area contributed by atoms with Crippen molar-refractivity contribution in [2.45, 2.75) is 368 Å². The monoisotopic (exact) mass is 989 g/mol. The molecule has 0 rings (SSSR count). The summed E-state index contributed by atoms with van der Waals surface area (Å²) in [6.45, 7) is 11.5. The van der Waals surface area contributed by atoms with E-state index in [0.717, 1.165) is 69.6 Å². The first kappa shape index (κ1) is 68.4. The van der Waals surface area contributed by atoms with Crippen LogP contribution in [0.3, 0.4) is 0 Å². The molecule has 0 aromatic carbocycles. The Hall–Kier alpha value is -1.59. The molecule has 0 aliphatic carbocycles. The molecule has 0 amide bonds. The molecule has 0 N–H and O–H groups in total. The molecular formula is C64H124O6. The Bertz CT molecular complexity index is 1070. The minimum atomic E-state index is -0.763. The minimum absolute atomic E-state index is 0.0619. The molecule has 6 heteroatoms. The van der Waals surface area contributed by atoms with Gasteiger partial charge in [0.15, 0.2) is 6.10 Å². The maximum absolute atomic E-state index is 12.9. The first-order chi connectivity index (χ1) is 34.3. The van der Waals surface area contributed by atoms with Crippen LogP contribution in [0.2, 0.25) is 0 Å². The lowest BCUT2D eigenvalue weighted by Gasteiger charge is -2.18. The first-order valence-corrected chi connectivity index (χ1v) is 31.8. The van der Waals surface area contributed by atoms with Crippen molar-refractivity contribution in [1.82, 2.24) is 0 Å². The standard InChI is InChI=1S/C64H124O6/c1-6-8-9-10-11-12-13-29-34-39-44-49-54-62(65)68-57-61(58-69-63(66)55-50-45-40-35-30-25-22-18-19-23-27-32-37-42-47-52-59(3)4)70-64(67)56-51-46-41-36-31-26-21-17-15-14-16-20-24-28-33-38-43-48-53-60(5)7-2/h59-61H,6-58H2,1-5H3/t60?,61-/m1/s1. The third-order valence-corrected chi connectivity index (χ3v) is 15.1. The van der Waals surface area contributed by atoms with Crippen LogP contribution < -0.4 is 0 Å². The maximum atomic E-state index is 12.9. The Balaban J connectivity index is 4.24. The molecule has 0 bridgehead atoms. The lowest BCUT2D eigenvalue weighted by Crippen LogP contribution is -2.30. The molecule has 0 fully saturated rings. The van der Waals surface area contributed by atoms with Gasteiger partial charge in [-0.3, -0.25) is 14.4 Å². The Kier molecular flexibility index (Phi) is 55.4. The summed E-state index contributed by atoms with van der Waals surface area (Å²) >= 11 is 0. The number of ether oxygens (including phenoxy) is 3. The van der Waals surface area contributed by atoms with E-state index < -0.39 is 6.10 Å². The zero-order valence-electron chi connectivity index (χ0n) is 48.2. The molecule has 416 valence electrons. The van der Waals surface area contributed by atoms with Gasteiger partial charge >= 0.3 is 17.9 Å². The number of esters is 3. The number of carbonyl (C=O) groups excluding carboxylic acids is 3. The highest BCUT2D eigenvalue weighted by molar-refractivity contribution is 5.71. The second kappa shape index (κ2) is 56.7. The van der Waals surface area contributed by atoms with Crippen LogP contribution in [0.5, 0.6) is 0 Å². The molecule has 0 aliphatic rings. The van der Waals surface area contributed by atoms with Crippen LogP contribution in [0, 0.1) is 11.8 Å². The average molecular weight is 990 g/mol. The van der Waals surface area contributed by atoms with Crippen molar-refractivity contribution < 1.29 is 28.6 Å². The lowest BCUT2D eigenvalue weighted by molar-refractivity contribution is -0.167. The van der Waals surface area contributed by atoms with Crippen molar-refractivity contribution in [2.24, 2.45) is 11.8 Å². The summed E-state index contributed by atoms with van der Waals surface area (Å²) in [6.07, 6.45) is 62.4. The van der Waals surface area contributed by atoms with Crippen LogP contribution in [0.15, 0.2) is 0 Å². The number of hydrogen-bond donors (Lipinski definition) is 0. The molecule has 6 nitrogen and oxygen atoms in total. The Morgan fingerprint density at radius 3 is 0.814 bits per heavy atom. The SMILES string of the molecule is CCCCCCCCCCCCCCC(=O)OC[C@H](COC(=O)CCCCCCCCCCCCCCCCCC(C)C)OC(=O)CCCCCCCCCCCCCCCCCCCCC(C)CC. The van der Waals surface area contributed by atoms with Gasteiger partial charge in [-0.1, -0.05) is 324 Å². The zero-order chi connectivity index (χ0) is 51.1. The third kappa shape index (κ3) is 55.7. The molecular weight excluding hydrogens is 865 g/mol. The van der Waals surface area contributed by atoms with E-state index in [-0.39, 0.29) is 31.1 Å². The Labute approximate surface area is 438 Å². The van der Waals surface area contributed by atoms with Gasteiger partial charge in [0, 0.05) is 19.3 Å². The fraction of sp³-hybridized carbons (Fsp3) is 0.953. The molecule has 0 saturated carbocycles. The zero-order valence-corrected chi connectivity index (χ0v) is 48.2. The van der Waals surface area contributed by atoms with Crippen molar-refractivity contribution in [3.63, 3.8) is 0 Å². The quantitative estimate of drug-likeness (QED) is 0.0343. The van der Waals surface area contributed by atoms with Gasteiger partial charge in [-0.25, -0.2) is 0 Å². The molecule has 0 aromatic heterocycles. The summed E-state index contributed by atoms with van der Waals surface area (Å²) < 4.78 is 16.9. The molecule has 0 saturated heterocycles. The normalized spacial score (nSPS) is 12.4. The summed E-state index contributed by atoms with van der Waals surface area (Å²) in [6, 6.07) is 0. The van der Waals surface area contributed by atoms with E-state index in [0.29, 0.717) is 19.3 Å². The van der Waals surface area contributed by atoms with Gasteiger partial charge in [0.2, 0.25) is 0 Å². The number of unbranched alkanes of at least 4 members (excludes halogenated alkanes) is 42. The van der Waals surface area contributed by atoms with Crippen molar-refractivity contribution in [3.8, 4) is 0 Å². The molecule has 0 aliphatic heterocycles. The number of rotatable bonds is 58. The van der Waals surface area contributed by atoms with Gasteiger partial charge in [-0.2, -0.15) is 0 Å². The Morgan fingerprint density at radius 1 is 0.300 bits per heavy atom. The Morgan fingerprint density at radius 2 is 0.543 bits per heavy atom. The molecule has 70 heavy (non-hydrogen) atoms. The molecule has 0 heterocycles. The molecule has 0 radical (unpaired) electrons. The highest BCUT2D eigenvalue weighted by Crippen LogP contribution is 2.19. The van der Waals surface area contributed by atoms with Crippen LogP contribution in [-0.2, 0) is 28.6 Å². The van der Waals surface area contributed by atoms with E-state index in [9.17, 15) is 14.4 Å². The lowest BCUT2D eigenvalue weighted by atomic mass is 9.99. The van der Waals surface area contributed by atoms with Crippen molar-refractivity contribution in [1.29, 1.82) is 0 Å². The maximum Gasteiger partial charge on any atom is 0.306 e. The highest BCUT2D eigenvalue weighted by atomic mass is 16.6. The van der Waals surface area contributed by atoms with E-state index in [2.05, 4.69) is 34.6 Å². The summed E-state index contributed by atoms with van der Waals surface area (Å²) in [5.74, 6) is 0.926. The summed E-state index contributed by atoms with van der Waals surface area (Å²) in [4.78, 5) is 38.2. The molecule has 0 aromatic rings. The summed E-state index contributed by atoms with van der Waals surface area (Å²) in [5, 5.41) is 0. The minimum Gasteiger partial charge on any atom is -0.462 e. The molecule has 0 spiro atoms. The third-order valence-electron chi connectivity index (χ3n) is 15.1. The number of carbonyl (C=O) groups is 3.